The maximum Gasteiger partial charge on any atom is 0.129 e. The lowest BCUT2D eigenvalue weighted by molar-refractivity contribution is 0.184. The summed E-state index contributed by atoms with van der Waals surface area (Å²) in [5.74, 6) is 1.13. The molecule has 0 atom stereocenters. The molecule has 4 heteroatoms. The monoisotopic (exact) mass is 275 g/mol. The third-order valence-electron chi connectivity index (χ3n) is 3.37. The van der Waals surface area contributed by atoms with Crippen LogP contribution in [0.25, 0.3) is 0 Å². The van der Waals surface area contributed by atoms with Gasteiger partial charge in [0.05, 0.1) is 0 Å². The average Bonchev–Trinajstić information content (AvgIpc) is 2.35. The summed E-state index contributed by atoms with van der Waals surface area (Å²) in [5.41, 5.74) is 0.610. The fourth-order valence-corrected chi connectivity index (χ4v) is 2.74. The van der Waals surface area contributed by atoms with Gasteiger partial charge < -0.3 is 0 Å². The lowest BCUT2D eigenvalue weighted by atomic mass is 9.98. The van der Waals surface area contributed by atoms with E-state index in [2.05, 4.69) is 4.90 Å². The van der Waals surface area contributed by atoms with Crippen LogP contribution in [0.3, 0.4) is 0 Å². The first kappa shape index (κ1) is 13.1. The van der Waals surface area contributed by atoms with Gasteiger partial charge in [0.15, 0.2) is 0 Å². The van der Waals surface area contributed by atoms with Crippen molar-refractivity contribution >= 4 is 23.2 Å². The topological polar surface area (TPSA) is 3.24 Å². The Balaban J connectivity index is 1.98. The zero-order valence-electron chi connectivity index (χ0n) is 9.63. The number of hydrogen-bond donors (Lipinski definition) is 0. The molecule has 1 nitrogen and oxygen atoms in total. The Morgan fingerprint density at radius 1 is 1.29 bits per heavy atom. The molecule has 0 amide bonds. The SMILES string of the molecule is Fc1cccc(Cl)c1CN1CCC(CCl)CC1. The molecular formula is C13H16Cl2FN. The summed E-state index contributed by atoms with van der Waals surface area (Å²) in [6, 6.07) is 4.85. The van der Waals surface area contributed by atoms with E-state index in [1.807, 2.05) is 0 Å². The molecule has 0 aliphatic carbocycles. The molecule has 2 rings (SSSR count). The molecule has 1 heterocycles. The first-order valence-corrected chi connectivity index (χ1v) is 6.83. The van der Waals surface area contributed by atoms with Crippen LogP contribution in [0.4, 0.5) is 4.39 Å². The molecule has 0 unspecified atom stereocenters. The van der Waals surface area contributed by atoms with Gasteiger partial charge in [0.2, 0.25) is 0 Å². The van der Waals surface area contributed by atoms with Gasteiger partial charge in [-0.25, -0.2) is 4.39 Å². The van der Waals surface area contributed by atoms with Crippen LogP contribution in [-0.2, 0) is 6.54 Å². The third-order valence-corrected chi connectivity index (χ3v) is 4.16. The zero-order chi connectivity index (χ0) is 12.3. The predicted molar refractivity (Wildman–Crippen MR) is 70.1 cm³/mol. The Kier molecular flexibility index (Phi) is 4.66. The summed E-state index contributed by atoms with van der Waals surface area (Å²) in [5, 5.41) is 0.518. The van der Waals surface area contributed by atoms with E-state index in [0.29, 0.717) is 23.0 Å². The van der Waals surface area contributed by atoms with Crippen LogP contribution >= 0.6 is 23.2 Å². The maximum atomic E-state index is 13.6. The van der Waals surface area contributed by atoms with E-state index in [1.165, 1.54) is 6.07 Å². The Morgan fingerprint density at radius 2 is 2.00 bits per heavy atom. The lowest BCUT2D eigenvalue weighted by Crippen LogP contribution is -2.34. The van der Waals surface area contributed by atoms with E-state index >= 15 is 0 Å². The maximum absolute atomic E-state index is 13.6. The van der Waals surface area contributed by atoms with Crippen molar-refractivity contribution < 1.29 is 4.39 Å². The van der Waals surface area contributed by atoms with Crippen molar-refractivity contribution in [3.63, 3.8) is 0 Å². The molecule has 1 saturated heterocycles. The number of piperidine rings is 1. The first-order valence-electron chi connectivity index (χ1n) is 5.92. The molecule has 1 aromatic carbocycles. The summed E-state index contributed by atoms with van der Waals surface area (Å²) >= 11 is 11.9. The minimum atomic E-state index is -0.211. The highest BCUT2D eigenvalue weighted by molar-refractivity contribution is 6.31. The van der Waals surface area contributed by atoms with E-state index in [9.17, 15) is 4.39 Å². The lowest BCUT2D eigenvalue weighted by Gasteiger charge is -2.31. The van der Waals surface area contributed by atoms with Crippen molar-refractivity contribution in [3.05, 3.63) is 34.6 Å². The van der Waals surface area contributed by atoms with Crippen LogP contribution in [0, 0.1) is 11.7 Å². The minimum absolute atomic E-state index is 0.211. The fourth-order valence-electron chi connectivity index (χ4n) is 2.21. The van der Waals surface area contributed by atoms with Crippen molar-refractivity contribution in [1.29, 1.82) is 0 Å². The van der Waals surface area contributed by atoms with E-state index in [-0.39, 0.29) is 5.82 Å². The molecular weight excluding hydrogens is 260 g/mol. The number of rotatable bonds is 3. The number of alkyl halides is 1. The second-order valence-electron chi connectivity index (χ2n) is 4.57. The number of hydrogen-bond acceptors (Lipinski definition) is 1. The van der Waals surface area contributed by atoms with Crippen molar-refractivity contribution in [2.45, 2.75) is 19.4 Å². The number of likely N-dealkylation sites (tertiary alicyclic amines) is 1. The second-order valence-corrected chi connectivity index (χ2v) is 5.29. The van der Waals surface area contributed by atoms with Crippen LogP contribution in [0.2, 0.25) is 5.02 Å². The van der Waals surface area contributed by atoms with E-state index < -0.39 is 0 Å². The number of halogens is 3. The molecule has 0 N–H and O–H groups in total. The Hall–Kier alpha value is -0.310. The second kappa shape index (κ2) is 6.03. The van der Waals surface area contributed by atoms with E-state index in [4.69, 9.17) is 23.2 Å². The first-order chi connectivity index (χ1) is 8.20. The molecule has 0 aromatic heterocycles. The summed E-state index contributed by atoms with van der Waals surface area (Å²) in [6.07, 6.45) is 2.19. The minimum Gasteiger partial charge on any atom is -0.299 e. The molecule has 0 saturated carbocycles. The largest absolute Gasteiger partial charge is 0.299 e. The molecule has 0 radical (unpaired) electrons. The van der Waals surface area contributed by atoms with Crippen LogP contribution in [0.15, 0.2) is 18.2 Å². The van der Waals surface area contributed by atoms with Crippen molar-refractivity contribution in [3.8, 4) is 0 Å². The Morgan fingerprint density at radius 3 is 2.59 bits per heavy atom. The van der Waals surface area contributed by atoms with Gasteiger partial charge in [-0.05, 0) is 44.0 Å². The van der Waals surface area contributed by atoms with Crippen molar-refractivity contribution in [2.75, 3.05) is 19.0 Å². The molecule has 0 spiro atoms. The van der Waals surface area contributed by atoms with Crippen LogP contribution < -0.4 is 0 Å². The van der Waals surface area contributed by atoms with Crippen LogP contribution in [0.5, 0.6) is 0 Å². The van der Waals surface area contributed by atoms with Gasteiger partial charge in [0.25, 0.3) is 0 Å². The Bertz CT molecular complexity index is 355. The molecule has 1 aliphatic heterocycles. The quantitative estimate of drug-likeness (QED) is 0.756. The molecule has 94 valence electrons. The van der Waals surface area contributed by atoms with Gasteiger partial charge in [-0.1, -0.05) is 17.7 Å². The molecule has 0 bridgehead atoms. The van der Waals surface area contributed by atoms with Gasteiger partial charge in [-0.2, -0.15) is 0 Å². The standard InChI is InChI=1S/C13H16Cl2FN/c14-8-10-4-6-17(7-5-10)9-11-12(15)2-1-3-13(11)16/h1-3,10H,4-9H2. The van der Waals surface area contributed by atoms with Gasteiger partial charge >= 0.3 is 0 Å². The van der Waals surface area contributed by atoms with E-state index in [0.717, 1.165) is 31.8 Å². The third kappa shape index (κ3) is 3.34. The van der Waals surface area contributed by atoms with Crippen LogP contribution in [0.1, 0.15) is 18.4 Å². The fraction of sp³-hybridized carbons (Fsp3) is 0.538. The van der Waals surface area contributed by atoms with Crippen molar-refractivity contribution in [2.24, 2.45) is 5.92 Å². The summed E-state index contributed by atoms with van der Waals surface area (Å²) in [7, 11) is 0. The van der Waals surface area contributed by atoms with Gasteiger partial charge in [-0.3, -0.25) is 4.90 Å². The van der Waals surface area contributed by atoms with E-state index in [1.54, 1.807) is 12.1 Å². The molecule has 1 aliphatic rings. The molecule has 1 fully saturated rings. The van der Waals surface area contributed by atoms with Crippen LogP contribution in [-0.4, -0.2) is 23.9 Å². The predicted octanol–water partition coefficient (Wildman–Crippen LogP) is 3.93. The summed E-state index contributed by atoms with van der Waals surface area (Å²) < 4.78 is 13.6. The summed E-state index contributed by atoms with van der Waals surface area (Å²) in [6.45, 7) is 2.55. The molecule has 1 aromatic rings. The average molecular weight is 276 g/mol. The normalized spacial score (nSPS) is 18.5. The smallest absolute Gasteiger partial charge is 0.129 e. The van der Waals surface area contributed by atoms with Crippen molar-refractivity contribution in [1.82, 2.24) is 4.90 Å². The Labute approximate surface area is 112 Å². The highest BCUT2D eigenvalue weighted by atomic mass is 35.5. The highest BCUT2D eigenvalue weighted by Crippen LogP contribution is 2.24. The number of benzene rings is 1. The van der Waals surface area contributed by atoms with Gasteiger partial charge in [-0.15, -0.1) is 11.6 Å². The zero-order valence-corrected chi connectivity index (χ0v) is 11.1. The highest BCUT2D eigenvalue weighted by Gasteiger charge is 2.20. The van der Waals surface area contributed by atoms with Gasteiger partial charge in [0.1, 0.15) is 5.82 Å². The molecule has 17 heavy (non-hydrogen) atoms. The van der Waals surface area contributed by atoms with Gasteiger partial charge in [0, 0.05) is 23.0 Å². The number of nitrogens with zero attached hydrogens (tertiary/aromatic N) is 1. The summed E-state index contributed by atoms with van der Waals surface area (Å²) in [4.78, 5) is 2.24.